The topological polar surface area (TPSA) is 346 Å². The van der Waals surface area contributed by atoms with Crippen molar-refractivity contribution in [3.63, 3.8) is 0 Å². The number of carbonyl (C=O) groups is 2. The Bertz CT molecular complexity index is 3180. The Morgan fingerprint density at radius 3 is 1.88 bits per heavy atom. The predicted octanol–water partition coefficient (Wildman–Crippen LogP) is 7.14. The minimum Gasteiger partial charge on any atom is -0.507 e. The average Bonchev–Trinajstić information content (AvgIpc) is 3.16. The van der Waals surface area contributed by atoms with Gasteiger partial charge in [0, 0.05) is 28.9 Å². The minimum absolute atomic E-state index is 0.00295. The first kappa shape index (κ1) is 41.2. The lowest BCUT2D eigenvalue weighted by Crippen LogP contribution is -2.30. The number of phenols is 2. The van der Waals surface area contributed by atoms with Crippen LogP contribution >= 0.6 is 0 Å². The second-order valence-electron chi connectivity index (χ2n) is 12.4. The molecule has 0 bridgehead atoms. The van der Waals surface area contributed by atoms with Crippen molar-refractivity contribution < 1.29 is 56.0 Å². The number of aromatic carboxylic acids is 1. The number of pyridine rings is 1. The van der Waals surface area contributed by atoms with Gasteiger partial charge in [0.05, 0.1) is 32.9 Å². The normalized spacial score (nSPS) is 12.4. The van der Waals surface area contributed by atoms with Gasteiger partial charge in [-0.25, -0.2) is 4.79 Å². The molecule has 0 aliphatic carbocycles. The quantitative estimate of drug-likeness (QED) is 0.0504. The van der Waals surface area contributed by atoms with Crippen molar-refractivity contribution in [3.8, 4) is 17.4 Å². The van der Waals surface area contributed by atoms with E-state index in [1.807, 2.05) is 0 Å². The predicted molar refractivity (Wildman–Crippen MR) is 208 cm³/mol. The number of hydrogen-bond donors (Lipinski definition) is 7. The molecule has 59 heavy (non-hydrogen) atoms. The number of aromatic nitrogens is 1. The number of carbonyl (C=O) groups excluding carboxylic acids is 1. The van der Waals surface area contributed by atoms with Gasteiger partial charge in [-0.1, -0.05) is 24.3 Å². The Labute approximate surface area is 331 Å². The average molecular weight is 845 g/mol. The van der Waals surface area contributed by atoms with E-state index in [2.05, 4.69) is 30.7 Å². The van der Waals surface area contributed by atoms with Crippen molar-refractivity contribution in [1.82, 2.24) is 4.57 Å². The third kappa shape index (κ3) is 7.93. The van der Waals surface area contributed by atoms with Crippen LogP contribution in [0.3, 0.4) is 0 Å². The number of amides is 1. The molecule has 5 aromatic carbocycles. The highest BCUT2D eigenvalue weighted by molar-refractivity contribution is 7.86. The summed E-state index contributed by atoms with van der Waals surface area (Å²) in [5, 5.41) is 66.3. The van der Waals surface area contributed by atoms with Gasteiger partial charge in [0.25, 0.3) is 31.7 Å². The van der Waals surface area contributed by atoms with Crippen molar-refractivity contribution in [2.24, 2.45) is 36.4 Å². The molecule has 6 aromatic rings. The second kappa shape index (κ2) is 15.5. The largest absolute Gasteiger partial charge is 0.507 e. The summed E-state index contributed by atoms with van der Waals surface area (Å²) >= 11 is 0. The molecule has 0 atom stereocenters. The van der Waals surface area contributed by atoms with Crippen LogP contribution in [-0.4, -0.2) is 62.8 Å². The smallest absolute Gasteiger partial charge is 0.338 e. The van der Waals surface area contributed by atoms with Gasteiger partial charge in [-0.15, -0.1) is 25.6 Å². The van der Waals surface area contributed by atoms with Gasteiger partial charge >= 0.3 is 5.97 Å². The van der Waals surface area contributed by atoms with Crippen LogP contribution in [0.5, 0.6) is 17.4 Å². The molecule has 1 amide bonds. The summed E-state index contributed by atoms with van der Waals surface area (Å²) in [7, 11) is -10.1. The van der Waals surface area contributed by atoms with Crippen molar-refractivity contribution >= 4 is 87.8 Å². The van der Waals surface area contributed by atoms with Gasteiger partial charge in [-0.3, -0.25) is 23.3 Å². The Morgan fingerprint density at radius 1 is 0.746 bits per heavy atom. The summed E-state index contributed by atoms with van der Waals surface area (Å²) < 4.78 is 68.0. The third-order valence-corrected chi connectivity index (χ3v) is 10.5. The molecule has 21 nitrogen and oxygen atoms in total. The lowest BCUT2D eigenvalue weighted by atomic mass is 10.1. The Kier molecular flexibility index (Phi) is 10.8. The molecule has 302 valence electrons. The first-order valence-electron chi connectivity index (χ1n) is 16.6. The van der Waals surface area contributed by atoms with Gasteiger partial charge in [-0.2, -0.15) is 21.9 Å². The van der Waals surface area contributed by atoms with Crippen LogP contribution < -0.4 is 11.3 Å². The van der Waals surface area contributed by atoms with Gasteiger partial charge in [0.1, 0.15) is 33.3 Å². The number of phenolic OH excluding ortho intramolecular Hbond substituents is 2. The van der Waals surface area contributed by atoms with Gasteiger partial charge in [0.2, 0.25) is 5.88 Å². The summed E-state index contributed by atoms with van der Waals surface area (Å²) in [6, 6.07) is 15.3. The SMILES string of the molecule is CCn1c(O)c(/N=N/c2ccc(/N=N/c3ccc(/N=N/c4c(S(=O)(=O)O)cc5cc(S(=O)(=O)O)cc(O)c5c4O)c(C(=O)O)c3)c3ccccc23)c(C)c(C(N)=O)c1=O. The number of carboxylic acid groups (broad SMARTS) is 1. The highest BCUT2D eigenvalue weighted by Gasteiger charge is 2.26. The minimum atomic E-state index is -5.23. The molecule has 0 aliphatic heterocycles. The van der Waals surface area contributed by atoms with Crippen molar-refractivity contribution in [1.29, 1.82) is 0 Å². The molecule has 0 fully saturated rings. The summed E-state index contributed by atoms with van der Waals surface area (Å²) in [5.41, 5.74) is 2.93. The number of hydrogen-bond acceptors (Lipinski definition) is 16. The highest BCUT2D eigenvalue weighted by atomic mass is 32.2. The van der Waals surface area contributed by atoms with E-state index in [4.69, 9.17) is 5.73 Å². The zero-order chi connectivity index (χ0) is 43.1. The zero-order valence-electron chi connectivity index (χ0n) is 30.2. The van der Waals surface area contributed by atoms with Crippen molar-refractivity contribution in [3.05, 3.63) is 99.8 Å². The second-order valence-corrected chi connectivity index (χ2v) is 15.2. The molecular weight excluding hydrogens is 817 g/mol. The molecule has 0 aliphatic rings. The fourth-order valence-electron chi connectivity index (χ4n) is 6.00. The van der Waals surface area contributed by atoms with E-state index >= 15 is 0 Å². The maximum absolute atomic E-state index is 12.7. The van der Waals surface area contributed by atoms with E-state index in [0.29, 0.717) is 40.3 Å². The van der Waals surface area contributed by atoms with Crippen LogP contribution in [0.15, 0.2) is 118 Å². The fourth-order valence-corrected chi connectivity index (χ4v) is 7.19. The molecule has 0 radical (unpaired) electrons. The summed E-state index contributed by atoms with van der Waals surface area (Å²) in [4.78, 5) is 35.0. The lowest BCUT2D eigenvalue weighted by Gasteiger charge is -2.12. The van der Waals surface area contributed by atoms with Crippen LogP contribution in [0, 0.1) is 6.92 Å². The van der Waals surface area contributed by atoms with E-state index in [-0.39, 0.29) is 34.7 Å². The monoisotopic (exact) mass is 844 g/mol. The Hall–Kier alpha value is -7.47. The van der Waals surface area contributed by atoms with Gasteiger partial charge < -0.3 is 26.2 Å². The molecule has 0 saturated heterocycles. The molecule has 0 unspecified atom stereocenters. The molecule has 8 N–H and O–H groups in total. The highest BCUT2D eigenvalue weighted by Crippen LogP contribution is 2.46. The van der Waals surface area contributed by atoms with Crippen LogP contribution in [0.4, 0.5) is 34.1 Å². The summed E-state index contributed by atoms with van der Waals surface area (Å²) in [6.07, 6.45) is 0. The fraction of sp³-hybridized carbons (Fsp3) is 0.0833. The van der Waals surface area contributed by atoms with E-state index in [1.165, 1.54) is 25.1 Å². The van der Waals surface area contributed by atoms with E-state index in [1.54, 1.807) is 31.2 Å². The van der Waals surface area contributed by atoms with E-state index < -0.39 is 86.9 Å². The number of primary amides is 1. The number of benzene rings is 5. The number of carboxylic acids is 1. The van der Waals surface area contributed by atoms with E-state index in [9.17, 15) is 60.8 Å². The number of fused-ring (bicyclic) bond motifs is 2. The van der Waals surface area contributed by atoms with Crippen LogP contribution in [-0.2, 0) is 26.8 Å². The molecule has 23 heteroatoms. The standard InChI is InChI=1S/C36H28N8O13S2/c1-3-44-34(48)28(33(37)47)16(2)30(35(44)49)42-40-24-11-10-23(20-6-4-5-7-21(20)24)39-38-18-8-9-25(22(14-18)36(50)51)41-43-31-27(59(55,56)57)13-17-12-19(58(52,53)54)15-26(45)29(17)32(31)46/h4-15,45-46,49H,3H2,1-2H3,(H2,37,47)(H,50,51)(H,52,53,54)(H,55,56,57)/b39-38+,42-40+,43-41+. The first-order chi connectivity index (χ1) is 27.7. The van der Waals surface area contributed by atoms with Gasteiger partial charge in [0.15, 0.2) is 5.75 Å². The molecule has 0 saturated carbocycles. The molecule has 0 spiro atoms. The first-order valence-corrected chi connectivity index (χ1v) is 19.5. The molecule has 6 rings (SSSR count). The molecule has 1 aromatic heterocycles. The third-order valence-electron chi connectivity index (χ3n) is 8.78. The summed E-state index contributed by atoms with van der Waals surface area (Å²) in [6.45, 7) is 3.00. The molecular formula is C36H28N8O13S2. The maximum Gasteiger partial charge on any atom is 0.338 e. The number of azo groups is 3. The van der Waals surface area contributed by atoms with Crippen LogP contribution in [0.2, 0.25) is 0 Å². The van der Waals surface area contributed by atoms with Crippen molar-refractivity contribution in [2.75, 3.05) is 0 Å². The molecule has 1 heterocycles. The number of nitrogens with zero attached hydrogens (tertiary/aromatic N) is 7. The maximum atomic E-state index is 12.7. The number of aromatic hydroxyl groups is 3. The Morgan fingerprint density at radius 2 is 1.32 bits per heavy atom. The lowest BCUT2D eigenvalue weighted by molar-refractivity contribution is 0.0697. The zero-order valence-corrected chi connectivity index (χ0v) is 31.8. The Balaban J connectivity index is 1.36. The summed E-state index contributed by atoms with van der Waals surface area (Å²) in [5.74, 6) is -5.07. The number of nitrogens with two attached hydrogens (primary N) is 1. The van der Waals surface area contributed by atoms with Crippen LogP contribution in [0.1, 0.15) is 33.2 Å². The van der Waals surface area contributed by atoms with Crippen molar-refractivity contribution in [2.45, 2.75) is 30.2 Å². The number of rotatable bonds is 11. The van der Waals surface area contributed by atoms with Gasteiger partial charge in [-0.05, 0) is 61.7 Å². The van der Waals surface area contributed by atoms with Crippen LogP contribution in [0.25, 0.3) is 21.5 Å². The van der Waals surface area contributed by atoms with E-state index in [0.717, 1.165) is 16.7 Å².